The first-order valence-corrected chi connectivity index (χ1v) is 10.1. The molecule has 1 aliphatic heterocycles. The molecule has 2 aromatic rings. The van der Waals surface area contributed by atoms with E-state index in [0.29, 0.717) is 10.6 Å². The van der Waals surface area contributed by atoms with Crippen LogP contribution in [0.15, 0.2) is 48.5 Å². The quantitative estimate of drug-likeness (QED) is 0.288. The number of amides is 1. The molecule has 1 amide bonds. The van der Waals surface area contributed by atoms with Gasteiger partial charge in [-0.1, -0.05) is 23.7 Å². The predicted octanol–water partition coefficient (Wildman–Crippen LogP) is 1.50. The van der Waals surface area contributed by atoms with Gasteiger partial charge in [-0.15, -0.1) is 0 Å². The van der Waals surface area contributed by atoms with Crippen LogP contribution in [0.2, 0.25) is 5.02 Å². The van der Waals surface area contributed by atoms with Crippen molar-refractivity contribution in [2.75, 3.05) is 5.32 Å². The maximum atomic E-state index is 12.1. The van der Waals surface area contributed by atoms with E-state index in [1.807, 2.05) is 0 Å². The molecule has 2 aromatic carbocycles. The summed E-state index contributed by atoms with van der Waals surface area (Å²) in [4.78, 5) is 34.9. The molecule has 0 spiro atoms. The van der Waals surface area contributed by atoms with E-state index in [1.165, 1.54) is 36.4 Å². The number of halogens is 1. The molecular weight excluding hydrogens is 478 g/mol. The van der Waals surface area contributed by atoms with Crippen molar-refractivity contribution in [2.45, 2.75) is 37.3 Å². The van der Waals surface area contributed by atoms with Crippen LogP contribution >= 0.6 is 11.6 Å². The van der Waals surface area contributed by atoms with Crippen LogP contribution in [0.25, 0.3) is 0 Å². The molecule has 5 N–H and O–H groups in total. The van der Waals surface area contributed by atoms with Crippen molar-refractivity contribution in [1.29, 1.82) is 0 Å². The maximum Gasteiger partial charge on any atom is 0.514 e. The van der Waals surface area contributed by atoms with Crippen molar-refractivity contribution in [3.05, 3.63) is 59.1 Å². The number of carboxylic acid groups (broad SMARTS) is 1. The number of nitrogens with one attached hydrogen (secondary N) is 1. The zero-order valence-electron chi connectivity index (χ0n) is 17.2. The van der Waals surface area contributed by atoms with Crippen LogP contribution in [0.4, 0.5) is 15.3 Å². The Morgan fingerprint density at radius 3 is 2.21 bits per heavy atom. The van der Waals surface area contributed by atoms with Gasteiger partial charge in [-0.05, 0) is 42.0 Å². The Hall–Kier alpha value is -3.42. The van der Waals surface area contributed by atoms with Gasteiger partial charge in [-0.3, -0.25) is 5.32 Å². The van der Waals surface area contributed by atoms with Gasteiger partial charge in [0.05, 0.1) is 0 Å². The van der Waals surface area contributed by atoms with E-state index in [1.54, 1.807) is 12.1 Å². The van der Waals surface area contributed by atoms with Gasteiger partial charge < -0.3 is 39.4 Å². The molecule has 1 fully saturated rings. The number of carboxylic acids is 1. The normalized spacial score (nSPS) is 24.1. The summed E-state index contributed by atoms with van der Waals surface area (Å²) in [6.45, 7) is -0.115. The third kappa shape index (κ3) is 6.56. The third-order valence-electron chi connectivity index (χ3n) is 4.61. The third-order valence-corrected chi connectivity index (χ3v) is 4.86. The predicted molar refractivity (Wildman–Crippen MR) is 113 cm³/mol. The fourth-order valence-electron chi connectivity index (χ4n) is 2.86. The first-order valence-electron chi connectivity index (χ1n) is 9.73. The first kappa shape index (κ1) is 25.2. The number of hydrogen-bond donors (Lipinski definition) is 5. The largest absolute Gasteiger partial charge is 0.514 e. The van der Waals surface area contributed by atoms with Gasteiger partial charge in [0, 0.05) is 10.7 Å². The molecule has 12 nitrogen and oxygen atoms in total. The lowest BCUT2D eigenvalue weighted by Crippen LogP contribution is -2.60. The highest BCUT2D eigenvalue weighted by molar-refractivity contribution is 6.30. The molecule has 1 heterocycles. The smallest absolute Gasteiger partial charge is 0.479 e. The van der Waals surface area contributed by atoms with E-state index in [4.69, 9.17) is 35.7 Å². The number of carbonyl (C=O) groups excluding carboxylic acids is 2. The number of anilines is 1. The maximum absolute atomic E-state index is 12.1. The van der Waals surface area contributed by atoms with Gasteiger partial charge >= 0.3 is 18.2 Å². The van der Waals surface area contributed by atoms with Crippen molar-refractivity contribution in [2.24, 2.45) is 0 Å². The van der Waals surface area contributed by atoms with Gasteiger partial charge in [-0.2, -0.15) is 0 Å². The van der Waals surface area contributed by atoms with Crippen LogP contribution in [0.5, 0.6) is 5.75 Å². The van der Waals surface area contributed by atoms with Crippen molar-refractivity contribution in [1.82, 2.24) is 0 Å². The lowest BCUT2D eigenvalue weighted by molar-refractivity contribution is -0.277. The molecule has 0 radical (unpaired) electrons. The molecule has 1 saturated heterocycles. The minimum Gasteiger partial charge on any atom is -0.479 e. The number of aliphatic hydroxyl groups excluding tert-OH is 3. The number of benzene rings is 2. The van der Waals surface area contributed by atoms with Gasteiger partial charge in [0.25, 0.3) is 0 Å². The van der Waals surface area contributed by atoms with Crippen LogP contribution in [0.1, 0.15) is 5.56 Å². The van der Waals surface area contributed by atoms with Crippen molar-refractivity contribution >= 4 is 35.5 Å². The summed E-state index contributed by atoms with van der Waals surface area (Å²) >= 11 is 5.75. The topological polar surface area (TPSA) is 181 Å². The van der Waals surface area contributed by atoms with Crippen LogP contribution in [0.3, 0.4) is 0 Å². The SMILES string of the molecule is O=C(Nc1ccc(COC(=O)Oc2ccc(Cl)cc2)cc1)OC1OC(C(=O)O)C(O)C(O)C1O. The molecular formula is C21H20ClNO11. The highest BCUT2D eigenvalue weighted by Gasteiger charge is 2.48. The van der Waals surface area contributed by atoms with E-state index in [0.717, 1.165) is 0 Å². The lowest BCUT2D eigenvalue weighted by atomic mass is 9.99. The van der Waals surface area contributed by atoms with E-state index < -0.39 is 48.9 Å². The van der Waals surface area contributed by atoms with Crippen molar-refractivity contribution in [3.63, 3.8) is 0 Å². The van der Waals surface area contributed by atoms with E-state index in [-0.39, 0.29) is 18.0 Å². The highest BCUT2D eigenvalue weighted by Crippen LogP contribution is 2.23. The fourth-order valence-corrected chi connectivity index (χ4v) is 2.98. The minimum absolute atomic E-state index is 0.115. The lowest BCUT2D eigenvalue weighted by Gasteiger charge is -2.37. The standard InChI is InChI=1S/C21H20ClNO11/c22-11-3-7-13(8-4-11)32-21(30)31-9-10-1-5-12(6-2-10)23-20(29)34-19-16(26)14(24)15(25)17(33-19)18(27)28/h1-8,14-17,19,24-26H,9H2,(H,23,29)(H,27,28). The second-order valence-electron chi connectivity index (χ2n) is 7.06. The van der Waals surface area contributed by atoms with Gasteiger partial charge in [0.1, 0.15) is 30.7 Å². The molecule has 0 saturated carbocycles. The van der Waals surface area contributed by atoms with Gasteiger partial charge in [0.2, 0.25) is 6.29 Å². The molecule has 5 atom stereocenters. The minimum atomic E-state index is -1.91. The number of ether oxygens (including phenoxy) is 4. The van der Waals surface area contributed by atoms with Crippen LogP contribution < -0.4 is 10.1 Å². The summed E-state index contributed by atoms with van der Waals surface area (Å²) in [5.41, 5.74) is 0.817. The zero-order valence-corrected chi connectivity index (χ0v) is 18.0. The molecule has 0 bridgehead atoms. The Labute approximate surface area is 197 Å². The number of hydrogen-bond acceptors (Lipinski definition) is 10. The Bertz CT molecular complexity index is 1010. The summed E-state index contributed by atoms with van der Waals surface area (Å²) in [7, 11) is 0. The number of aliphatic hydroxyl groups is 3. The van der Waals surface area contributed by atoms with Gasteiger partial charge in [-0.25, -0.2) is 14.4 Å². The Kier molecular flexibility index (Phi) is 8.26. The Morgan fingerprint density at radius 1 is 0.941 bits per heavy atom. The molecule has 34 heavy (non-hydrogen) atoms. The van der Waals surface area contributed by atoms with E-state index in [2.05, 4.69) is 5.32 Å². The summed E-state index contributed by atoms with van der Waals surface area (Å²) in [5, 5.41) is 41.1. The number of rotatable bonds is 6. The van der Waals surface area contributed by atoms with Crippen molar-refractivity contribution in [3.8, 4) is 5.75 Å². The molecule has 13 heteroatoms. The van der Waals surface area contributed by atoms with Crippen LogP contribution in [-0.4, -0.2) is 69.3 Å². The van der Waals surface area contributed by atoms with Crippen LogP contribution in [0, 0.1) is 0 Å². The summed E-state index contributed by atoms with van der Waals surface area (Å²) < 4.78 is 19.7. The number of carbonyl (C=O) groups is 3. The average Bonchev–Trinajstić information content (AvgIpc) is 2.80. The second-order valence-corrected chi connectivity index (χ2v) is 7.49. The van der Waals surface area contributed by atoms with Crippen molar-refractivity contribution < 1.29 is 53.8 Å². The average molecular weight is 498 g/mol. The molecule has 1 aliphatic rings. The van der Waals surface area contributed by atoms with Gasteiger partial charge in [0.15, 0.2) is 6.10 Å². The summed E-state index contributed by atoms with van der Waals surface area (Å²) in [6, 6.07) is 12.1. The monoisotopic (exact) mass is 497 g/mol. The summed E-state index contributed by atoms with van der Waals surface area (Å²) in [5.74, 6) is -1.35. The molecule has 0 aliphatic carbocycles. The molecule has 0 aromatic heterocycles. The molecule has 182 valence electrons. The molecule has 5 unspecified atom stereocenters. The molecule has 3 rings (SSSR count). The second kappa shape index (κ2) is 11.1. The van der Waals surface area contributed by atoms with E-state index in [9.17, 15) is 29.7 Å². The Balaban J connectivity index is 1.48. The first-order chi connectivity index (χ1) is 16.1. The number of aliphatic carboxylic acids is 1. The Morgan fingerprint density at radius 2 is 1.59 bits per heavy atom. The highest BCUT2D eigenvalue weighted by atomic mass is 35.5. The zero-order chi connectivity index (χ0) is 24.8. The fraction of sp³-hybridized carbons (Fsp3) is 0.286. The van der Waals surface area contributed by atoms with E-state index >= 15 is 0 Å². The summed E-state index contributed by atoms with van der Waals surface area (Å²) in [6.07, 6.45) is -11.5. The van der Waals surface area contributed by atoms with Crippen LogP contribution in [-0.2, 0) is 25.6 Å².